The second-order valence-electron chi connectivity index (χ2n) is 5.82. The molecule has 1 amide bonds. The first-order chi connectivity index (χ1) is 12.6. The first kappa shape index (κ1) is 17.5. The first-order valence-corrected chi connectivity index (χ1v) is 8.17. The van der Waals surface area contributed by atoms with Gasteiger partial charge in [-0.2, -0.15) is 0 Å². The number of hydrogen-bond donors (Lipinski definition) is 1. The van der Waals surface area contributed by atoms with Gasteiger partial charge in [-0.1, -0.05) is 35.0 Å². The first-order valence-electron chi connectivity index (χ1n) is 8.17. The molecule has 1 aromatic heterocycles. The Hall–Kier alpha value is -3.28. The topological polar surface area (TPSA) is 73.6 Å². The normalized spacial score (nSPS) is 10.4. The standard InChI is InChI=1S/C20H20N2O4/c1-13-8-10-15(11-9-13)25-12-16-14(2)26-22-19(16)20(23)21-17-6-4-5-7-18(17)24-3/h4-11H,12H2,1-3H3,(H,21,23). The number of anilines is 1. The molecule has 134 valence electrons. The molecule has 0 aliphatic rings. The summed E-state index contributed by atoms with van der Waals surface area (Å²) in [6.45, 7) is 3.95. The van der Waals surface area contributed by atoms with E-state index in [1.165, 1.54) is 0 Å². The molecule has 0 spiro atoms. The number of nitrogens with zero attached hydrogens (tertiary/aromatic N) is 1. The number of ether oxygens (including phenoxy) is 2. The number of amides is 1. The Labute approximate surface area is 151 Å². The Morgan fingerprint density at radius 2 is 1.85 bits per heavy atom. The van der Waals surface area contributed by atoms with Crippen molar-refractivity contribution in [1.82, 2.24) is 5.16 Å². The number of aryl methyl sites for hydroxylation is 2. The van der Waals surface area contributed by atoms with E-state index in [2.05, 4.69) is 10.5 Å². The van der Waals surface area contributed by atoms with Gasteiger partial charge >= 0.3 is 0 Å². The Kier molecular flexibility index (Phi) is 5.22. The molecular formula is C20H20N2O4. The molecule has 1 heterocycles. The number of nitrogens with one attached hydrogen (secondary N) is 1. The van der Waals surface area contributed by atoms with Crippen molar-refractivity contribution in [2.45, 2.75) is 20.5 Å². The fourth-order valence-corrected chi connectivity index (χ4v) is 2.46. The van der Waals surface area contributed by atoms with Crippen molar-refractivity contribution in [2.24, 2.45) is 0 Å². The van der Waals surface area contributed by atoms with Gasteiger partial charge in [0.25, 0.3) is 5.91 Å². The van der Waals surface area contributed by atoms with Crippen LogP contribution >= 0.6 is 0 Å². The van der Waals surface area contributed by atoms with Crippen molar-refractivity contribution in [3.05, 3.63) is 71.1 Å². The molecule has 3 aromatic rings. The molecule has 0 atom stereocenters. The van der Waals surface area contributed by atoms with Gasteiger partial charge in [-0.15, -0.1) is 0 Å². The highest BCUT2D eigenvalue weighted by Gasteiger charge is 2.21. The number of rotatable bonds is 6. The monoisotopic (exact) mass is 352 g/mol. The lowest BCUT2D eigenvalue weighted by Gasteiger charge is -2.10. The van der Waals surface area contributed by atoms with E-state index in [1.54, 1.807) is 26.2 Å². The molecule has 3 rings (SSSR count). The minimum atomic E-state index is -0.381. The number of para-hydroxylation sites is 2. The third-order valence-corrected chi connectivity index (χ3v) is 3.96. The Balaban J connectivity index is 1.76. The van der Waals surface area contributed by atoms with Crippen molar-refractivity contribution in [3.63, 3.8) is 0 Å². The molecule has 0 aliphatic carbocycles. The summed E-state index contributed by atoms with van der Waals surface area (Å²) in [4.78, 5) is 12.6. The van der Waals surface area contributed by atoms with Gasteiger partial charge in [0, 0.05) is 0 Å². The number of methoxy groups -OCH3 is 1. The van der Waals surface area contributed by atoms with Crippen molar-refractivity contribution in [1.29, 1.82) is 0 Å². The molecule has 0 fully saturated rings. The van der Waals surface area contributed by atoms with E-state index < -0.39 is 0 Å². The molecular weight excluding hydrogens is 332 g/mol. The summed E-state index contributed by atoms with van der Waals surface area (Å²) >= 11 is 0. The van der Waals surface area contributed by atoms with Gasteiger partial charge in [0.15, 0.2) is 5.69 Å². The van der Waals surface area contributed by atoms with Crippen molar-refractivity contribution >= 4 is 11.6 Å². The van der Waals surface area contributed by atoms with E-state index in [-0.39, 0.29) is 18.2 Å². The average molecular weight is 352 g/mol. The summed E-state index contributed by atoms with van der Waals surface area (Å²) in [7, 11) is 1.55. The molecule has 26 heavy (non-hydrogen) atoms. The second kappa shape index (κ2) is 7.74. The molecule has 2 aromatic carbocycles. The lowest BCUT2D eigenvalue weighted by Crippen LogP contribution is -2.16. The van der Waals surface area contributed by atoms with Crippen molar-refractivity contribution in [2.75, 3.05) is 12.4 Å². The van der Waals surface area contributed by atoms with Crippen LogP contribution < -0.4 is 14.8 Å². The quantitative estimate of drug-likeness (QED) is 0.722. The highest BCUT2D eigenvalue weighted by Crippen LogP contribution is 2.25. The van der Waals surface area contributed by atoms with Crippen LogP contribution in [0.15, 0.2) is 53.1 Å². The minimum absolute atomic E-state index is 0.188. The maximum atomic E-state index is 12.6. The third-order valence-electron chi connectivity index (χ3n) is 3.96. The van der Waals surface area contributed by atoms with Crippen molar-refractivity contribution in [3.8, 4) is 11.5 Å². The molecule has 6 heteroatoms. The molecule has 0 aliphatic heterocycles. The molecule has 1 N–H and O–H groups in total. The van der Waals surface area contributed by atoms with E-state index in [4.69, 9.17) is 14.0 Å². The highest BCUT2D eigenvalue weighted by molar-refractivity contribution is 6.04. The number of carbonyl (C=O) groups is 1. The van der Waals surface area contributed by atoms with Gasteiger partial charge in [0.05, 0.1) is 18.4 Å². The van der Waals surface area contributed by atoms with Crippen LogP contribution in [-0.2, 0) is 6.61 Å². The molecule has 6 nitrogen and oxygen atoms in total. The van der Waals surface area contributed by atoms with Crippen molar-refractivity contribution < 1.29 is 18.8 Å². The van der Waals surface area contributed by atoms with Gasteiger partial charge in [-0.3, -0.25) is 4.79 Å². The lowest BCUT2D eigenvalue weighted by atomic mass is 10.2. The summed E-state index contributed by atoms with van der Waals surface area (Å²) in [6, 6.07) is 14.9. The molecule has 0 saturated carbocycles. The van der Waals surface area contributed by atoms with Crippen LogP contribution in [0.2, 0.25) is 0 Å². The Morgan fingerprint density at radius 3 is 2.58 bits per heavy atom. The van der Waals surface area contributed by atoms with E-state index in [9.17, 15) is 4.79 Å². The number of carbonyl (C=O) groups excluding carboxylic acids is 1. The zero-order chi connectivity index (χ0) is 18.5. The van der Waals surface area contributed by atoms with E-state index in [0.29, 0.717) is 28.5 Å². The second-order valence-corrected chi connectivity index (χ2v) is 5.82. The summed E-state index contributed by atoms with van der Waals surface area (Å²) in [5.74, 6) is 1.45. The van der Waals surface area contributed by atoms with E-state index >= 15 is 0 Å². The maximum Gasteiger partial charge on any atom is 0.278 e. The van der Waals surface area contributed by atoms with Crippen LogP contribution in [0.5, 0.6) is 11.5 Å². The fourth-order valence-electron chi connectivity index (χ4n) is 2.46. The summed E-state index contributed by atoms with van der Waals surface area (Å²) < 4.78 is 16.2. The summed E-state index contributed by atoms with van der Waals surface area (Å²) in [6.07, 6.45) is 0. The Bertz CT molecular complexity index is 900. The van der Waals surface area contributed by atoms with Crippen LogP contribution in [0, 0.1) is 13.8 Å². The fraction of sp³-hybridized carbons (Fsp3) is 0.200. The van der Waals surface area contributed by atoms with Gasteiger partial charge in [-0.05, 0) is 38.1 Å². The van der Waals surface area contributed by atoms with Crippen LogP contribution in [0.3, 0.4) is 0 Å². The number of benzene rings is 2. The van der Waals surface area contributed by atoms with Gasteiger partial charge in [-0.25, -0.2) is 0 Å². The van der Waals surface area contributed by atoms with E-state index in [0.717, 1.165) is 5.56 Å². The minimum Gasteiger partial charge on any atom is -0.495 e. The van der Waals surface area contributed by atoms with Gasteiger partial charge < -0.3 is 19.3 Å². The zero-order valence-electron chi connectivity index (χ0n) is 14.9. The SMILES string of the molecule is COc1ccccc1NC(=O)c1noc(C)c1COc1ccc(C)cc1. The molecule has 0 bridgehead atoms. The van der Waals surface area contributed by atoms with Crippen LogP contribution in [-0.4, -0.2) is 18.2 Å². The largest absolute Gasteiger partial charge is 0.495 e. The summed E-state index contributed by atoms with van der Waals surface area (Å²) in [5, 5.41) is 6.68. The number of aromatic nitrogens is 1. The van der Waals surface area contributed by atoms with Gasteiger partial charge in [0.2, 0.25) is 0 Å². The van der Waals surface area contributed by atoms with Crippen LogP contribution in [0.25, 0.3) is 0 Å². The van der Waals surface area contributed by atoms with Crippen LogP contribution in [0.4, 0.5) is 5.69 Å². The summed E-state index contributed by atoms with van der Waals surface area (Å²) in [5.41, 5.74) is 2.51. The smallest absolute Gasteiger partial charge is 0.278 e. The van der Waals surface area contributed by atoms with Gasteiger partial charge in [0.1, 0.15) is 23.9 Å². The zero-order valence-corrected chi connectivity index (χ0v) is 14.9. The predicted molar refractivity (Wildman–Crippen MR) is 97.7 cm³/mol. The molecule has 0 radical (unpaired) electrons. The highest BCUT2D eigenvalue weighted by atomic mass is 16.5. The molecule has 0 saturated heterocycles. The Morgan fingerprint density at radius 1 is 1.12 bits per heavy atom. The lowest BCUT2D eigenvalue weighted by molar-refractivity contribution is 0.101. The van der Waals surface area contributed by atoms with E-state index in [1.807, 2.05) is 43.3 Å². The third kappa shape index (κ3) is 3.85. The van der Waals surface area contributed by atoms with Crippen LogP contribution in [0.1, 0.15) is 27.4 Å². The number of hydrogen-bond acceptors (Lipinski definition) is 5. The molecule has 0 unspecified atom stereocenters. The average Bonchev–Trinajstić information content (AvgIpc) is 3.02. The maximum absolute atomic E-state index is 12.6. The predicted octanol–water partition coefficient (Wildman–Crippen LogP) is 4.13.